The summed E-state index contributed by atoms with van der Waals surface area (Å²) < 4.78 is 0. The Labute approximate surface area is 123 Å². The van der Waals surface area contributed by atoms with E-state index in [1.807, 2.05) is 0 Å². The summed E-state index contributed by atoms with van der Waals surface area (Å²) >= 11 is 5.99. The first kappa shape index (κ1) is 14.9. The molecule has 1 aromatic rings. The maximum Gasteiger partial charge on any atom is 0.308 e. The summed E-state index contributed by atoms with van der Waals surface area (Å²) in [7, 11) is 0. The Morgan fingerprint density at radius 3 is 2.55 bits per heavy atom. The van der Waals surface area contributed by atoms with E-state index in [0.29, 0.717) is 23.4 Å². The maximum absolute atomic E-state index is 12.2. The van der Waals surface area contributed by atoms with Crippen molar-refractivity contribution in [1.29, 1.82) is 0 Å². The third-order valence-corrected chi connectivity index (χ3v) is 4.10. The normalized spacial score (nSPS) is 22.9. The highest BCUT2D eigenvalue weighted by Gasteiger charge is 2.31. The highest BCUT2D eigenvalue weighted by Crippen LogP contribution is 2.24. The molecule has 1 fully saturated rings. The van der Waals surface area contributed by atoms with Crippen LogP contribution >= 0.6 is 11.6 Å². The Morgan fingerprint density at radius 1 is 1.15 bits per heavy atom. The van der Waals surface area contributed by atoms with Gasteiger partial charge in [-0.05, 0) is 25.0 Å². The smallest absolute Gasteiger partial charge is 0.308 e. The van der Waals surface area contributed by atoms with Gasteiger partial charge in [0.25, 0.3) is 5.91 Å². The standard InChI is InChI=1S/C15H18ClNO3/c16-12-8-5-4-6-10(12)14(18)17-13-9-3-1-2-7-11(13)15(19)20/h4-6,8,11,13H,1-3,7,9H2,(H,17,18)(H,19,20)/t11-,13-/m0/s1. The Bertz CT molecular complexity index is 504. The lowest BCUT2D eigenvalue weighted by molar-refractivity contribution is -0.142. The number of benzene rings is 1. The van der Waals surface area contributed by atoms with Gasteiger partial charge in [-0.25, -0.2) is 0 Å². The van der Waals surface area contributed by atoms with Crippen LogP contribution in [0.3, 0.4) is 0 Å². The van der Waals surface area contributed by atoms with E-state index in [1.54, 1.807) is 24.3 Å². The second-order valence-corrected chi connectivity index (χ2v) is 5.55. The van der Waals surface area contributed by atoms with E-state index in [1.165, 1.54) is 0 Å². The number of carbonyl (C=O) groups is 2. The van der Waals surface area contributed by atoms with Crippen LogP contribution in [-0.2, 0) is 4.79 Å². The monoisotopic (exact) mass is 295 g/mol. The number of halogens is 1. The molecule has 0 bridgehead atoms. The van der Waals surface area contributed by atoms with Crippen LogP contribution in [0.2, 0.25) is 5.02 Å². The zero-order valence-electron chi connectivity index (χ0n) is 11.1. The lowest BCUT2D eigenvalue weighted by Crippen LogP contribution is -2.42. The van der Waals surface area contributed by atoms with Crippen molar-refractivity contribution < 1.29 is 14.7 Å². The number of nitrogens with one attached hydrogen (secondary N) is 1. The van der Waals surface area contributed by atoms with Gasteiger partial charge in [0.2, 0.25) is 0 Å². The van der Waals surface area contributed by atoms with E-state index in [9.17, 15) is 14.7 Å². The van der Waals surface area contributed by atoms with Gasteiger partial charge < -0.3 is 10.4 Å². The summed E-state index contributed by atoms with van der Waals surface area (Å²) in [6, 6.07) is 6.47. The molecule has 20 heavy (non-hydrogen) atoms. The van der Waals surface area contributed by atoms with Crippen molar-refractivity contribution in [3.8, 4) is 0 Å². The average molecular weight is 296 g/mol. The van der Waals surface area contributed by atoms with E-state index in [4.69, 9.17) is 11.6 Å². The summed E-state index contributed by atoms with van der Waals surface area (Å²) in [5, 5.41) is 12.5. The molecule has 0 unspecified atom stereocenters. The molecule has 2 N–H and O–H groups in total. The zero-order chi connectivity index (χ0) is 14.5. The summed E-state index contributed by atoms with van der Waals surface area (Å²) in [6.45, 7) is 0. The van der Waals surface area contributed by atoms with E-state index in [-0.39, 0.29) is 11.9 Å². The van der Waals surface area contributed by atoms with Gasteiger partial charge in [-0.1, -0.05) is 43.0 Å². The molecule has 1 amide bonds. The van der Waals surface area contributed by atoms with Gasteiger partial charge in [0.05, 0.1) is 16.5 Å². The molecule has 0 aromatic heterocycles. The second-order valence-electron chi connectivity index (χ2n) is 5.14. The number of carbonyl (C=O) groups excluding carboxylic acids is 1. The molecule has 0 heterocycles. The number of carboxylic acid groups (broad SMARTS) is 1. The molecule has 1 aromatic carbocycles. The topological polar surface area (TPSA) is 66.4 Å². The van der Waals surface area contributed by atoms with Crippen molar-refractivity contribution in [1.82, 2.24) is 5.32 Å². The Kier molecular flexibility index (Phi) is 5.01. The molecule has 2 atom stereocenters. The molecule has 0 aliphatic heterocycles. The molecule has 1 aliphatic rings. The lowest BCUT2D eigenvalue weighted by atomic mass is 9.94. The highest BCUT2D eigenvalue weighted by molar-refractivity contribution is 6.33. The van der Waals surface area contributed by atoms with Crippen molar-refractivity contribution in [2.24, 2.45) is 5.92 Å². The van der Waals surface area contributed by atoms with Crippen molar-refractivity contribution >= 4 is 23.5 Å². The van der Waals surface area contributed by atoms with Gasteiger partial charge in [-0.3, -0.25) is 9.59 Å². The van der Waals surface area contributed by atoms with Gasteiger partial charge in [-0.2, -0.15) is 0 Å². The fraction of sp³-hybridized carbons (Fsp3) is 0.467. The molecular weight excluding hydrogens is 278 g/mol. The summed E-state index contributed by atoms with van der Waals surface area (Å²) in [4.78, 5) is 23.6. The number of hydrogen-bond acceptors (Lipinski definition) is 2. The first-order valence-electron chi connectivity index (χ1n) is 6.88. The van der Waals surface area contributed by atoms with Crippen LogP contribution in [-0.4, -0.2) is 23.0 Å². The van der Waals surface area contributed by atoms with Crippen LogP contribution in [0.4, 0.5) is 0 Å². The minimum absolute atomic E-state index is 0.297. The summed E-state index contributed by atoms with van der Waals surface area (Å²) in [5.41, 5.74) is 0.391. The Morgan fingerprint density at radius 2 is 1.85 bits per heavy atom. The maximum atomic E-state index is 12.2. The Hall–Kier alpha value is -1.55. The fourth-order valence-corrected chi connectivity index (χ4v) is 2.89. The van der Waals surface area contributed by atoms with E-state index in [2.05, 4.69) is 5.32 Å². The van der Waals surface area contributed by atoms with Crippen LogP contribution in [0.5, 0.6) is 0 Å². The van der Waals surface area contributed by atoms with Gasteiger partial charge >= 0.3 is 5.97 Å². The predicted molar refractivity (Wildman–Crippen MR) is 76.9 cm³/mol. The predicted octanol–water partition coefficient (Wildman–Crippen LogP) is 3.10. The second kappa shape index (κ2) is 6.75. The number of amides is 1. The molecule has 2 rings (SSSR count). The van der Waals surface area contributed by atoms with E-state index in [0.717, 1.165) is 19.3 Å². The summed E-state index contributed by atoms with van der Waals surface area (Å²) in [6.07, 6.45) is 4.17. The minimum Gasteiger partial charge on any atom is -0.481 e. The van der Waals surface area contributed by atoms with Crippen molar-refractivity contribution in [3.63, 3.8) is 0 Å². The van der Waals surface area contributed by atoms with Gasteiger partial charge in [0, 0.05) is 6.04 Å². The SMILES string of the molecule is O=C(N[C@H]1CCCCC[C@@H]1C(=O)O)c1ccccc1Cl. The van der Waals surface area contributed by atoms with Crippen LogP contribution in [0.1, 0.15) is 42.5 Å². The van der Waals surface area contributed by atoms with E-state index >= 15 is 0 Å². The van der Waals surface area contributed by atoms with Gasteiger partial charge in [0.1, 0.15) is 0 Å². The minimum atomic E-state index is -0.837. The van der Waals surface area contributed by atoms with Crippen LogP contribution in [0.15, 0.2) is 24.3 Å². The number of aliphatic carboxylic acids is 1. The van der Waals surface area contributed by atoms with Crippen molar-refractivity contribution in [2.75, 3.05) is 0 Å². The first-order valence-corrected chi connectivity index (χ1v) is 7.25. The molecule has 4 nitrogen and oxygen atoms in total. The third-order valence-electron chi connectivity index (χ3n) is 3.77. The molecule has 1 aliphatic carbocycles. The fourth-order valence-electron chi connectivity index (χ4n) is 2.67. The molecule has 5 heteroatoms. The average Bonchev–Trinajstić information content (AvgIpc) is 2.64. The molecule has 0 spiro atoms. The zero-order valence-corrected chi connectivity index (χ0v) is 11.9. The molecule has 0 saturated heterocycles. The van der Waals surface area contributed by atoms with Crippen LogP contribution in [0.25, 0.3) is 0 Å². The quantitative estimate of drug-likeness (QED) is 0.842. The van der Waals surface area contributed by atoms with Crippen LogP contribution < -0.4 is 5.32 Å². The lowest BCUT2D eigenvalue weighted by Gasteiger charge is -2.23. The third kappa shape index (κ3) is 3.51. The largest absolute Gasteiger partial charge is 0.481 e. The van der Waals surface area contributed by atoms with Gasteiger partial charge in [0.15, 0.2) is 0 Å². The molecule has 108 valence electrons. The summed E-state index contributed by atoms with van der Waals surface area (Å²) in [5.74, 6) is -1.64. The Balaban J connectivity index is 2.12. The number of rotatable bonds is 3. The van der Waals surface area contributed by atoms with Crippen molar-refractivity contribution in [2.45, 2.75) is 38.1 Å². The van der Waals surface area contributed by atoms with Gasteiger partial charge in [-0.15, -0.1) is 0 Å². The number of hydrogen-bond donors (Lipinski definition) is 2. The van der Waals surface area contributed by atoms with Crippen LogP contribution in [0, 0.1) is 5.92 Å². The highest BCUT2D eigenvalue weighted by atomic mass is 35.5. The molecule has 1 saturated carbocycles. The van der Waals surface area contributed by atoms with E-state index < -0.39 is 11.9 Å². The molecule has 0 radical (unpaired) electrons. The van der Waals surface area contributed by atoms with Crippen molar-refractivity contribution in [3.05, 3.63) is 34.9 Å². The molecular formula is C15H18ClNO3. The number of carboxylic acids is 1. The first-order chi connectivity index (χ1) is 9.59.